The van der Waals surface area contributed by atoms with Gasteiger partial charge in [-0.25, -0.2) is 4.98 Å². The van der Waals surface area contributed by atoms with Crippen molar-refractivity contribution in [3.8, 4) is 11.3 Å². The molecule has 0 atom stereocenters. The zero-order valence-electron chi connectivity index (χ0n) is 14.8. The van der Waals surface area contributed by atoms with Crippen LogP contribution in [0.5, 0.6) is 0 Å². The fourth-order valence-corrected chi connectivity index (χ4v) is 2.22. The van der Waals surface area contributed by atoms with Gasteiger partial charge in [-0.2, -0.15) is 20.0 Å². The van der Waals surface area contributed by atoms with Crippen molar-refractivity contribution in [2.24, 2.45) is 0 Å². The Hall–Kier alpha value is -3.50. The molecule has 0 bridgehead atoms. The topological polar surface area (TPSA) is 133 Å². The maximum atomic E-state index is 12.1. The van der Waals surface area contributed by atoms with E-state index in [2.05, 4.69) is 30.6 Å². The number of amides is 1. The molecule has 0 fully saturated rings. The van der Waals surface area contributed by atoms with Crippen molar-refractivity contribution in [1.29, 1.82) is 0 Å². The minimum atomic E-state index is -0.251. The van der Waals surface area contributed by atoms with Crippen molar-refractivity contribution < 1.29 is 4.79 Å². The van der Waals surface area contributed by atoms with Gasteiger partial charge in [-0.3, -0.25) is 9.48 Å². The number of hydrogen-bond acceptors (Lipinski definition) is 8. The van der Waals surface area contributed by atoms with Crippen LogP contribution in [-0.2, 0) is 17.9 Å². The fraction of sp³-hybridized carbons (Fsp3) is 0.333. The summed E-state index contributed by atoms with van der Waals surface area (Å²) in [6.45, 7) is 2.59. The first-order valence-electron chi connectivity index (χ1n) is 7.99. The van der Waals surface area contributed by atoms with Crippen LogP contribution in [0.3, 0.4) is 0 Å². The monoisotopic (exact) mass is 356 g/mol. The SMILES string of the molecule is CCn1ncc(NC(=O)Cn2cc(-c3cc(N)nc(N(C)C)n3)cn2)n1. The molecule has 3 aromatic heterocycles. The highest BCUT2D eigenvalue weighted by atomic mass is 16.2. The molecule has 0 spiro atoms. The number of nitrogens with one attached hydrogen (secondary N) is 1. The lowest BCUT2D eigenvalue weighted by Crippen LogP contribution is -2.19. The number of carbonyl (C=O) groups excluding carboxylic acids is 1. The molecule has 0 saturated heterocycles. The maximum Gasteiger partial charge on any atom is 0.247 e. The number of nitrogens with zero attached hydrogens (tertiary/aromatic N) is 8. The summed E-state index contributed by atoms with van der Waals surface area (Å²) in [7, 11) is 3.67. The van der Waals surface area contributed by atoms with Crippen LogP contribution in [0.4, 0.5) is 17.6 Å². The van der Waals surface area contributed by atoms with Gasteiger partial charge < -0.3 is 16.0 Å². The molecule has 136 valence electrons. The molecule has 0 aliphatic rings. The van der Waals surface area contributed by atoms with Gasteiger partial charge in [0.1, 0.15) is 12.4 Å². The van der Waals surface area contributed by atoms with Gasteiger partial charge in [0.25, 0.3) is 0 Å². The zero-order valence-corrected chi connectivity index (χ0v) is 14.8. The minimum absolute atomic E-state index is 0.0418. The van der Waals surface area contributed by atoms with E-state index in [1.165, 1.54) is 15.7 Å². The average Bonchev–Trinajstić information content (AvgIpc) is 3.23. The molecular weight excluding hydrogens is 336 g/mol. The molecule has 0 aliphatic carbocycles. The highest BCUT2D eigenvalue weighted by Crippen LogP contribution is 2.20. The zero-order chi connectivity index (χ0) is 18.7. The molecule has 3 heterocycles. The molecular formula is C15H20N10O. The average molecular weight is 356 g/mol. The molecule has 0 aromatic carbocycles. The lowest BCUT2D eigenvalue weighted by Gasteiger charge is -2.11. The normalized spacial score (nSPS) is 10.7. The number of carbonyl (C=O) groups is 1. The molecule has 3 N–H and O–H groups in total. The second kappa shape index (κ2) is 7.17. The Labute approximate surface area is 149 Å². The molecule has 0 unspecified atom stereocenters. The predicted octanol–water partition coefficient (Wildman–Crippen LogP) is 0.238. The summed E-state index contributed by atoms with van der Waals surface area (Å²) < 4.78 is 1.52. The van der Waals surface area contributed by atoms with Crippen LogP contribution in [0.1, 0.15) is 6.92 Å². The fourth-order valence-electron chi connectivity index (χ4n) is 2.22. The van der Waals surface area contributed by atoms with Crippen LogP contribution in [0, 0.1) is 0 Å². The molecule has 11 heteroatoms. The molecule has 3 aromatic rings. The predicted molar refractivity (Wildman–Crippen MR) is 96.3 cm³/mol. The molecule has 26 heavy (non-hydrogen) atoms. The summed E-state index contributed by atoms with van der Waals surface area (Å²) >= 11 is 0. The van der Waals surface area contributed by atoms with Gasteiger partial charge in [0.15, 0.2) is 5.82 Å². The first kappa shape index (κ1) is 17.3. The molecule has 0 saturated carbocycles. The second-order valence-corrected chi connectivity index (χ2v) is 5.77. The van der Waals surface area contributed by atoms with Crippen LogP contribution in [0.2, 0.25) is 0 Å². The first-order chi connectivity index (χ1) is 12.4. The van der Waals surface area contributed by atoms with E-state index in [9.17, 15) is 4.79 Å². The minimum Gasteiger partial charge on any atom is -0.384 e. The number of hydrogen-bond donors (Lipinski definition) is 2. The van der Waals surface area contributed by atoms with E-state index in [0.29, 0.717) is 29.8 Å². The van der Waals surface area contributed by atoms with Crippen LogP contribution in [0.25, 0.3) is 11.3 Å². The van der Waals surface area contributed by atoms with E-state index >= 15 is 0 Å². The third-order valence-corrected chi connectivity index (χ3v) is 3.46. The third kappa shape index (κ3) is 3.94. The van der Waals surface area contributed by atoms with Crippen molar-refractivity contribution in [2.75, 3.05) is 30.0 Å². The third-order valence-electron chi connectivity index (χ3n) is 3.46. The maximum absolute atomic E-state index is 12.1. The number of anilines is 3. The van der Waals surface area contributed by atoms with Gasteiger partial charge in [0, 0.05) is 31.9 Å². The van der Waals surface area contributed by atoms with Crippen LogP contribution in [-0.4, -0.2) is 54.7 Å². The lowest BCUT2D eigenvalue weighted by atomic mass is 10.2. The molecule has 3 rings (SSSR count). The number of aromatic nitrogens is 7. The smallest absolute Gasteiger partial charge is 0.247 e. The summed E-state index contributed by atoms with van der Waals surface area (Å²) in [6, 6.07) is 1.66. The van der Waals surface area contributed by atoms with Crippen LogP contribution in [0.15, 0.2) is 24.7 Å². The van der Waals surface area contributed by atoms with Gasteiger partial charge in [0.05, 0.1) is 24.6 Å². The van der Waals surface area contributed by atoms with Crippen LogP contribution < -0.4 is 16.0 Å². The molecule has 1 amide bonds. The van der Waals surface area contributed by atoms with Crippen LogP contribution >= 0.6 is 0 Å². The van der Waals surface area contributed by atoms with Gasteiger partial charge >= 0.3 is 0 Å². The highest BCUT2D eigenvalue weighted by molar-refractivity contribution is 5.89. The highest BCUT2D eigenvalue weighted by Gasteiger charge is 2.11. The number of nitrogens with two attached hydrogens (primary N) is 1. The Morgan fingerprint density at radius 3 is 2.77 bits per heavy atom. The Morgan fingerprint density at radius 2 is 2.08 bits per heavy atom. The van der Waals surface area contributed by atoms with Crippen molar-refractivity contribution in [3.05, 3.63) is 24.7 Å². The van der Waals surface area contributed by atoms with Gasteiger partial charge in [-0.1, -0.05) is 0 Å². The van der Waals surface area contributed by atoms with E-state index in [1.807, 2.05) is 21.0 Å². The number of aryl methyl sites for hydroxylation is 1. The lowest BCUT2D eigenvalue weighted by molar-refractivity contribution is -0.116. The Balaban J connectivity index is 1.70. The van der Waals surface area contributed by atoms with E-state index in [1.54, 1.807) is 23.4 Å². The Bertz CT molecular complexity index is 913. The summed E-state index contributed by atoms with van der Waals surface area (Å²) in [5.41, 5.74) is 7.22. The number of rotatable bonds is 6. The van der Waals surface area contributed by atoms with Gasteiger partial charge in [0.2, 0.25) is 11.9 Å². The number of nitrogen functional groups attached to an aromatic ring is 1. The molecule has 0 radical (unpaired) electrons. The Morgan fingerprint density at radius 1 is 1.27 bits per heavy atom. The van der Waals surface area contributed by atoms with Crippen molar-refractivity contribution in [1.82, 2.24) is 34.7 Å². The van der Waals surface area contributed by atoms with Gasteiger partial charge in [-0.05, 0) is 6.92 Å². The summed E-state index contributed by atoms with van der Waals surface area (Å²) in [5.74, 6) is 1.02. The largest absolute Gasteiger partial charge is 0.384 e. The van der Waals surface area contributed by atoms with Crippen molar-refractivity contribution >= 4 is 23.5 Å². The van der Waals surface area contributed by atoms with E-state index < -0.39 is 0 Å². The van der Waals surface area contributed by atoms with Crippen molar-refractivity contribution in [2.45, 2.75) is 20.0 Å². The van der Waals surface area contributed by atoms with E-state index in [4.69, 9.17) is 5.73 Å². The summed E-state index contributed by atoms with van der Waals surface area (Å²) in [6.07, 6.45) is 4.86. The Kier molecular flexibility index (Phi) is 4.78. The quantitative estimate of drug-likeness (QED) is 0.642. The second-order valence-electron chi connectivity index (χ2n) is 5.77. The summed E-state index contributed by atoms with van der Waals surface area (Å²) in [4.78, 5) is 24.0. The standard InChI is InChI=1S/C15H20N10O/c1-4-25-18-7-13(22-25)21-14(26)9-24-8-10(6-17-24)11-5-12(16)20-15(19-11)23(2)3/h5-8H,4,9H2,1-3H3,(H2,16,19,20)(H,21,22,26). The first-order valence-corrected chi connectivity index (χ1v) is 7.99. The molecule has 11 nitrogen and oxygen atoms in total. The van der Waals surface area contributed by atoms with Crippen molar-refractivity contribution in [3.63, 3.8) is 0 Å². The van der Waals surface area contributed by atoms with E-state index in [0.717, 1.165) is 5.56 Å². The van der Waals surface area contributed by atoms with Gasteiger partial charge in [-0.15, -0.1) is 5.10 Å². The van der Waals surface area contributed by atoms with E-state index in [-0.39, 0.29) is 12.5 Å². The molecule has 0 aliphatic heterocycles. The summed E-state index contributed by atoms with van der Waals surface area (Å²) in [5, 5.41) is 15.0.